The Hall–Kier alpha value is 0.410. The van der Waals surface area contributed by atoms with Crippen LogP contribution in [0, 0.1) is 0 Å². The second-order valence-corrected chi connectivity index (χ2v) is 5.77. The van der Waals surface area contributed by atoms with Crippen LogP contribution in [0.4, 0.5) is 0 Å². The average molecular weight is 217 g/mol. The van der Waals surface area contributed by atoms with Gasteiger partial charge >= 0.3 is 0 Å². The van der Waals surface area contributed by atoms with Crippen molar-refractivity contribution in [3.63, 3.8) is 0 Å². The molecule has 1 atom stereocenters. The largest absolute Gasteiger partial charge is 0.345 e. The molecule has 74 valence electrons. The maximum Gasteiger partial charge on any atom is 0.183 e. The number of hydrogen-bond acceptors (Lipinski definition) is 5. The van der Waals surface area contributed by atoms with E-state index in [9.17, 15) is 0 Å². The van der Waals surface area contributed by atoms with Gasteiger partial charge in [0.1, 0.15) is 6.23 Å². The maximum absolute atomic E-state index is 8.78. The van der Waals surface area contributed by atoms with E-state index in [1.165, 1.54) is 0 Å². The highest BCUT2D eigenvalue weighted by Gasteiger charge is 2.09. The van der Waals surface area contributed by atoms with Crippen LogP contribution in [0.25, 0.3) is 0 Å². The van der Waals surface area contributed by atoms with Crippen LogP contribution in [0.2, 0.25) is 0 Å². The van der Waals surface area contributed by atoms with Crippen LogP contribution in [-0.2, 0) is 21.7 Å². The Morgan fingerprint density at radius 3 is 2.50 bits per heavy atom. The molecule has 0 bridgehead atoms. The van der Waals surface area contributed by atoms with Gasteiger partial charge in [-0.3, -0.25) is 0 Å². The van der Waals surface area contributed by atoms with E-state index >= 15 is 0 Å². The van der Waals surface area contributed by atoms with E-state index in [-0.39, 0.29) is 6.16 Å². The van der Waals surface area contributed by atoms with E-state index in [2.05, 4.69) is 21.7 Å². The lowest BCUT2D eigenvalue weighted by Crippen LogP contribution is -2.23. The van der Waals surface area contributed by atoms with Crippen LogP contribution in [0.15, 0.2) is 0 Å². The van der Waals surface area contributed by atoms with Gasteiger partial charge in [-0.05, 0) is 24.6 Å². The highest BCUT2D eigenvalue weighted by molar-refractivity contribution is 8.09. The molecule has 0 aromatic heterocycles. The van der Waals surface area contributed by atoms with E-state index in [0.29, 0.717) is 12.8 Å². The molecule has 0 aliphatic rings. The van der Waals surface area contributed by atoms with Gasteiger partial charge in [0.15, 0.2) is 6.49 Å². The van der Waals surface area contributed by atoms with E-state index in [1.807, 2.05) is 0 Å². The Labute approximate surface area is 74.9 Å². The first-order valence-corrected chi connectivity index (χ1v) is 6.12. The molecule has 0 saturated heterocycles. The van der Waals surface area contributed by atoms with Gasteiger partial charge in [0.2, 0.25) is 0 Å². The third-order valence-corrected chi connectivity index (χ3v) is 2.55. The molecular weight excluding hydrogens is 205 g/mol. The predicted molar refractivity (Wildman–Crippen MR) is 45.6 cm³/mol. The van der Waals surface area contributed by atoms with Gasteiger partial charge in [-0.2, -0.15) is 4.89 Å². The molecule has 0 aromatic carbocycles. The van der Waals surface area contributed by atoms with Gasteiger partial charge in [-0.25, -0.2) is 5.26 Å². The molecular formula is C4H12NO5PS. The molecule has 0 radical (unpaired) electrons. The standard InChI is InChI=1S/C4H12NO5PS/c5-4(9-10-6)2-1-3-11(7,8)12/h4,6H,1-3,5H2,(H2,7,8,12). The third-order valence-electron chi connectivity index (χ3n) is 1.10. The minimum absolute atomic E-state index is 0.116. The SMILES string of the molecule is NC(CCCP(O)(O)=S)OOO. The van der Waals surface area contributed by atoms with Crippen molar-refractivity contribution in [1.29, 1.82) is 0 Å². The third kappa shape index (κ3) is 8.51. The first-order chi connectivity index (χ1) is 5.45. The Kier molecular flexibility index (Phi) is 6.16. The summed E-state index contributed by atoms with van der Waals surface area (Å²) in [5.41, 5.74) is 5.22. The quantitative estimate of drug-likeness (QED) is 0.211. The van der Waals surface area contributed by atoms with Crippen LogP contribution in [-0.4, -0.2) is 27.4 Å². The van der Waals surface area contributed by atoms with E-state index in [4.69, 9.17) is 20.8 Å². The number of hydrogen-bond donors (Lipinski definition) is 4. The Morgan fingerprint density at radius 2 is 2.08 bits per heavy atom. The molecule has 0 saturated carbocycles. The van der Waals surface area contributed by atoms with E-state index in [1.54, 1.807) is 0 Å². The van der Waals surface area contributed by atoms with Crippen LogP contribution in [0.5, 0.6) is 0 Å². The molecule has 6 nitrogen and oxygen atoms in total. The molecule has 12 heavy (non-hydrogen) atoms. The van der Waals surface area contributed by atoms with Crippen molar-refractivity contribution in [1.82, 2.24) is 0 Å². The van der Waals surface area contributed by atoms with Gasteiger partial charge in [0.05, 0.1) is 0 Å². The fourth-order valence-corrected chi connectivity index (χ4v) is 1.58. The highest BCUT2D eigenvalue weighted by Crippen LogP contribution is 2.35. The summed E-state index contributed by atoms with van der Waals surface area (Å²) < 4.78 is 0. The van der Waals surface area contributed by atoms with E-state index in [0.717, 1.165) is 0 Å². The first kappa shape index (κ1) is 12.4. The molecule has 0 amide bonds. The zero-order valence-electron chi connectivity index (χ0n) is 6.29. The lowest BCUT2D eigenvalue weighted by molar-refractivity contribution is -0.506. The van der Waals surface area contributed by atoms with Crippen molar-refractivity contribution in [2.75, 3.05) is 6.16 Å². The fourth-order valence-electron chi connectivity index (χ4n) is 0.602. The van der Waals surface area contributed by atoms with E-state index < -0.39 is 12.7 Å². The summed E-state index contributed by atoms with van der Waals surface area (Å²) in [6, 6.07) is 0. The number of nitrogens with two attached hydrogens (primary N) is 1. The van der Waals surface area contributed by atoms with Crippen LogP contribution in [0.3, 0.4) is 0 Å². The Bertz CT molecular complexity index is 162. The van der Waals surface area contributed by atoms with Crippen molar-refractivity contribution in [2.24, 2.45) is 5.73 Å². The zero-order chi connectivity index (χ0) is 9.61. The topological polar surface area (TPSA) is 105 Å². The summed E-state index contributed by atoms with van der Waals surface area (Å²) in [5.74, 6) is 0. The lowest BCUT2D eigenvalue weighted by atomic mass is 10.3. The smallest absolute Gasteiger partial charge is 0.183 e. The van der Waals surface area contributed by atoms with Crippen molar-refractivity contribution >= 4 is 18.3 Å². The summed E-state index contributed by atoms with van der Waals surface area (Å²) in [6.07, 6.45) is 0.0798. The van der Waals surface area contributed by atoms with Crippen molar-refractivity contribution in [3.05, 3.63) is 0 Å². The van der Waals surface area contributed by atoms with Crippen molar-refractivity contribution in [3.8, 4) is 0 Å². The van der Waals surface area contributed by atoms with Gasteiger partial charge in [-0.1, -0.05) is 5.04 Å². The van der Waals surface area contributed by atoms with Crippen LogP contribution >= 0.6 is 6.49 Å². The highest BCUT2D eigenvalue weighted by atomic mass is 32.5. The summed E-state index contributed by atoms with van der Waals surface area (Å²) >= 11 is 4.36. The maximum atomic E-state index is 8.78. The summed E-state index contributed by atoms with van der Waals surface area (Å²) in [5, 5.41) is 11.1. The minimum atomic E-state index is -3.12. The second kappa shape index (κ2) is 5.95. The average Bonchev–Trinajstić information content (AvgIpc) is 1.84. The zero-order valence-corrected chi connectivity index (χ0v) is 8.00. The van der Waals surface area contributed by atoms with Gasteiger partial charge in [0.25, 0.3) is 0 Å². The molecule has 0 fully saturated rings. The Morgan fingerprint density at radius 1 is 1.50 bits per heavy atom. The first-order valence-electron chi connectivity index (χ1n) is 3.23. The van der Waals surface area contributed by atoms with Crippen LogP contribution < -0.4 is 5.73 Å². The molecule has 0 aromatic rings. The molecule has 1 unspecified atom stereocenters. The molecule has 0 aliphatic carbocycles. The Balaban J connectivity index is 3.37. The monoisotopic (exact) mass is 217 g/mol. The molecule has 0 aliphatic heterocycles. The van der Waals surface area contributed by atoms with Gasteiger partial charge < -0.3 is 15.5 Å². The predicted octanol–water partition coefficient (Wildman–Crippen LogP) is -0.233. The van der Waals surface area contributed by atoms with Gasteiger partial charge in [-0.15, -0.1) is 0 Å². The summed E-state index contributed by atoms with van der Waals surface area (Å²) in [6.45, 7) is -3.12. The summed E-state index contributed by atoms with van der Waals surface area (Å²) in [7, 11) is 0. The molecule has 0 rings (SSSR count). The molecule has 0 heterocycles. The molecule has 0 spiro atoms. The number of rotatable bonds is 6. The minimum Gasteiger partial charge on any atom is -0.345 e. The van der Waals surface area contributed by atoms with Crippen molar-refractivity contribution < 1.29 is 25.0 Å². The van der Waals surface area contributed by atoms with Crippen LogP contribution in [0.1, 0.15) is 12.8 Å². The van der Waals surface area contributed by atoms with Crippen molar-refractivity contribution in [2.45, 2.75) is 19.1 Å². The van der Waals surface area contributed by atoms with Gasteiger partial charge in [0, 0.05) is 6.16 Å². The lowest BCUT2D eigenvalue weighted by Gasteiger charge is -2.09. The second-order valence-electron chi connectivity index (χ2n) is 2.24. The fraction of sp³-hybridized carbons (Fsp3) is 1.00. The summed E-state index contributed by atoms with van der Waals surface area (Å²) in [4.78, 5) is 21.7. The molecule has 8 heteroatoms. The normalized spacial score (nSPS) is 14.7. The molecule has 5 N–H and O–H groups in total.